The highest BCUT2D eigenvalue weighted by Crippen LogP contribution is 2.55. The molecule has 0 heterocycles. The predicted octanol–water partition coefficient (Wildman–Crippen LogP) is 4.91. The van der Waals surface area contributed by atoms with Gasteiger partial charge in [-0.05, 0) is 25.5 Å². The highest BCUT2D eigenvalue weighted by molar-refractivity contribution is 6.31. The van der Waals surface area contributed by atoms with Crippen LogP contribution in [0.15, 0.2) is 18.2 Å². The van der Waals surface area contributed by atoms with Gasteiger partial charge in [0.1, 0.15) is 11.9 Å². The molecule has 2 heteroatoms. The molecule has 0 amide bonds. The van der Waals surface area contributed by atoms with Gasteiger partial charge in [0.15, 0.2) is 0 Å². The number of halogens is 1. The maximum atomic E-state index is 6.21. The van der Waals surface area contributed by atoms with Gasteiger partial charge in [0.05, 0.1) is 5.02 Å². The molecule has 0 bridgehead atoms. The summed E-state index contributed by atoms with van der Waals surface area (Å²) in [6, 6.07) is 5.74. The van der Waals surface area contributed by atoms with Crippen molar-refractivity contribution in [3.05, 3.63) is 28.8 Å². The maximum Gasteiger partial charge on any atom is 0.121 e. The Labute approximate surface area is 121 Å². The monoisotopic (exact) mass is 276 g/mol. The minimum Gasteiger partial charge on any atom is -0.489 e. The fraction of sp³-hybridized carbons (Fsp3) is 0.529. The Hall–Kier alpha value is -1.13. The Morgan fingerprint density at radius 3 is 2.32 bits per heavy atom. The van der Waals surface area contributed by atoms with Crippen molar-refractivity contribution in [2.75, 3.05) is 0 Å². The van der Waals surface area contributed by atoms with Crippen LogP contribution in [-0.4, -0.2) is 6.10 Å². The summed E-state index contributed by atoms with van der Waals surface area (Å²) in [5, 5.41) is 0.654. The van der Waals surface area contributed by atoms with Crippen molar-refractivity contribution in [2.24, 2.45) is 10.8 Å². The Bertz CT molecular complexity index is 532. The van der Waals surface area contributed by atoms with Gasteiger partial charge >= 0.3 is 0 Å². The Balaban J connectivity index is 2.20. The third kappa shape index (κ3) is 2.74. The molecular formula is C17H21ClO. The second kappa shape index (κ2) is 4.76. The second-order valence-electron chi connectivity index (χ2n) is 6.67. The van der Waals surface area contributed by atoms with E-state index in [-0.39, 0.29) is 16.9 Å². The standard InChI is InChI=1S/C17H21ClO/c1-6-7-12-8-9-13(10-14(12)18)19-15-16(2,3)11-17(15,4)5/h8-10,15H,11H2,1-5H3. The normalized spacial score (nSPS) is 20.1. The summed E-state index contributed by atoms with van der Waals surface area (Å²) in [5.74, 6) is 6.67. The minimum absolute atomic E-state index is 0.220. The number of ether oxygens (including phenoxy) is 1. The van der Waals surface area contributed by atoms with E-state index < -0.39 is 0 Å². The van der Waals surface area contributed by atoms with Gasteiger partial charge < -0.3 is 4.74 Å². The molecule has 0 radical (unpaired) electrons. The summed E-state index contributed by atoms with van der Waals surface area (Å²) in [6.07, 6.45) is 1.40. The van der Waals surface area contributed by atoms with Gasteiger partial charge in [-0.1, -0.05) is 45.2 Å². The van der Waals surface area contributed by atoms with Crippen LogP contribution >= 0.6 is 11.6 Å². The van der Waals surface area contributed by atoms with E-state index in [1.807, 2.05) is 18.2 Å². The van der Waals surface area contributed by atoms with Gasteiger partial charge in [-0.3, -0.25) is 0 Å². The van der Waals surface area contributed by atoms with Crippen molar-refractivity contribution in [2.45, 2.75) is 47.1 Å². The van der Waals surface area contributed by atoms with Gasteiger partial charge in [0.2, 0.25) is 0 Å². The largest absolute Gasteiger partial charge is 0.489 e. The molecule has 1 aromatic rings. The molecule has 0 unspecified atom stereocenters. The van der Waals surface area contributed by atoms with E-state index in [2.05, 4.69) is 39.5 Å². The molecule has 1 aliphatic rings. The third-order valence-corrected chi connectivity index (χ3v) is 4.10. The zero-order valence-corrected chi connectivity index (χ0v) is 13.1. The lowest BCUT2D eigenvalue weighted by atomic mass is 9.53. The third-order valence-electron chi connectivity index (χ3n) is 3.78. The highest BCUT2D eigenvalue weighted by Gasteiger charge is 2.54. The van der Waals surface area contributed by atoms with Crippen LogP contribution in [0.5, 0.6) is 5.75 Å². The Morgan fingerprint density at radius 1 is 1.21 bits per heavy atom. The smallest absolute Gasteiger partial charge is 0.121 e. The van der Waals surface area contributed by atoms with E-state index in [0.717, 1.165) is 11.3 Å². The first kappa shape index (κ1) is 14.3. The van der Waals surface area contributed by atoms with E-state index in [1.165, 1.54) is 6.42 Å². The first-order valence-electron chi connectivity index (χ1n) is 6.65. The van der Waals surface area contributed by atoms with Crippen LogP contribution < -0.4 is 4.74 Å². The molecule has 0 aliphatic heterocycles. The SMILES string of the molecule is CC#Cc1ccc(OC2C(C)(C)CC2(C)C)cc1Cl. The van der Waals surface area contributed by atoms with Gasteiger partial charge in [-0.25, -0.2) is 0 Å². The van der Waals surface area contributed by atoms with E-state index in [9.17, 15) is 0 Å². The summed E-state index contributed by atoms with van der Waals surface area (Å²) < 4.78 is 6.16. The summed E-state index contributed by atoms with van der Waals surface area (Å²) >= 11 is 6.21. The van der Waals surface area contributed by atoms with Crippen molar-refractivity contribution in [3.8, 4) is 17.6 Å². The average Bonchev–Trinajstić information content (AvgIpc) is 2.28. The zero-order chi connectivity index (χ0) is 14.3. The fourth-order valence-corrected chi connectivity index (χ4v) is 3.76. The number of rotatable bonds is 2. The molecule has 1 fully saturated rings. The second-order valence-corrected chi connectivity index (χ2v) is 7.08. The number of hydrogen-bond donors (Lipinski definition) is 0. The number of hydrogen-bond acceptors (Lipinski definition) is 1. The van der Waals surface area contributed by atoms with Gasteiger partial charge in [0, 0.05) is 22.5 Å². The van der Waals surface area contributed by atoms with Crippen LogP contribution in [0.2, 0.25) is 5.02 Å². The first-order valence-corrected chi connectivity index (χ1v) is 7.03. The molecule has 1 saturated carbocycles. The van der Waals surface area contributed by atoms with Crippen LogP contribution in [-0.2, 0) is 0 Å². The van der Waals surface area contributed by atoms with E-state index >= 15 is 0 Å². The first-order chi connectivity index (χ1) is 8.76. The fourth-order valence-electron chi connectivity index (χ4n) is 3.55. The van der Waals surface area contributed by atoms with Crippen molar-refractivity contribution in [1.29, 1.82) is 0 Å². The van der Waals surface area contributed by atoms with E-state index in [4.69, 9.17) is 16.3 Å². The summed E-state index contributed by atoms with van der Waals surface area (Å²) in [6.45, 7) is 10.8. The van der Waals surface area contributed by atoms with Crippen LogP contribution in [0.3, 0.4) is 0 Å². The molecule has 1 aliphatic carbocycles. The molecule has 0 N–H and O–H groups in total. The van der Waals surface area contributed by atoms with Crippen LogP contribution in [0.25, 0.3) is 0 Å². The van der Waals surface area contributed by atoms with Gasteiger partial charge in [-0.15, -0.1) is 5.92 Å². The van der Waals surface area contributed by atoms with Crippen molar-refractivity contribution >= 4 is 11.6 Å². The van der Waals surface area contributed by atoms with Crippen LogP contribution in [0, 0.1) is 22.7 Å². The minimum atomic E-state index is 0.220. The molecule has 0 spiro atoms. The van der Waals surface area contributed by atoms with Crippen molar-refractivity contribution in [3.63, 3.8) is 0 Å². The quantitative estimate of drug-likeness (QED) is 0.697. The van der Waals surface area contributed by atoms with E-state index in [1.54, 1.807) is 6.92 Å². The summed E-state index contributed by atoms with van der Waals surface area (Å²) in [4.78, 5) is 0. The van der Waals surface area contributed by atoms with Gasteiger partial charge in [-0.2, -0.15) is 0 Å². The Kier molecular flexibility index (Phi) is 3.58. The molecule has 0 atom stereocenters. The lowest BCUT2D eigenvalue weighted by molar-refractivity contribution is -0.133. The molecular weight excluding hydrogens is 256 g/mol. The lowest BCUT2D eigenvalue weighted by Crippen LogP contribution is -2.58. The molecule has 0 saturated heterocycles. The van der Waals surface area contributed by atoms with Crippen LogP contribution in [0.4, 0.5) is 0 Å². The number of benzene rings is 1. The predicted molar refractivity (Wildman–Crippen MR) is 80.6 cm³/mol. The molecule has 0 aromatic heterocycles. The average molecular weight is 277 g/mol. The van der Waals surface area contributed by atoms with E-state index in [0.29, 0.717) is 5.02 Å². The lowest BCUT2D eigenvalue weighted by Gasteiger charge is -2.56. The highest BCUT2D eigenvalue weighted by atomic mass is 35.5. The summed E-state index contributed by atoms with van der Waals surface area (Å²) in [7, 11) is 0. The van der Waals surface area contributed by atoms with Crippen LogP contribution in [0.1, 0.15) is 46.6 Å². The molecule has 19 heavy (non-hydrogen) atoms. The van der Waals surface area contributed by atoms with Gasteiger partial charge in [0.25, 0.3) is 0 Å². The molecule has 102 valence electrons. The zero-order valence-electron chi connectivity index (χ0n) is 12.3. The maximum absolute atomic E-state index is 6.21. The topological polar surface area (TPSA) is 9.23 Å². The molecule has 1 nitrogen and oxygen atoms in total. The van der Waals surface area contributed by atoms with Crippen molar-refractivity contribution in [1.82, 2.24) is 0 Å². The summed E-state index contributed by atoms with van der Waals surface area (Å²) in [5.41, 5.74) is 1.29. The molecule has 2 rings (SSSR count). The van der Waals surface area contributed by atoms with Crippen molar-refractivity contribution < 1.29 is 4.74 Å². The Morgan fingerprint density at radius 2 is 1.84 bits per heavy atom. The molecule has 1 aromatic carbocycles.